The van der Waals surface area contributed by atoms with Crippen LogP contribution in [0.1, 0.15) is 36.7 Å². The molecule has 27 heavy (non-hydrogen) atoms. The summed E-state index contributed by atoms with van der Waals surface area (Å²) in [6.45, 7) is 5.35. The third-order valence-electron chi connectivity index (χ3n) is 3.03. The predicted molar refractivity (Wildman–Crippen MR) is 102 cm³/mol. The first-order valence-corrected chi connectivity index (χ1v) is 8.73. The Kier molecular flexibility index (Phi) is 6.51. The summed E-state index contributed by atoms with van der Waals surface area (Å²) in [5.74, 6) is -1.57. The molecule has 0 spiro atoms. The van der Waals surface area contributed by atoms with E-state index in [1.165, 1.54) is 13.3 Å². The lowest BCUT2D eigenvalue weighted by Gasteiger charge is -2.20. The molecule has 1 aromatic rings. The van der Waals surface area contributed by atoms with Gasteiger partial charge in [0, 0.05) is 11.6 Å². The number of hydrogen-bond acceptors (Lipinski definition) is 8. The number of nitrogens with zero attached hydrogens (tertiary/aromatic N) is 2. The molecule has 0 bridgehead atoms. The van der Waals surface area contributed by atoms with Crippen LogP contribution in [0.15, 0.2) is 45.4 Å². The van der Waals surface area contributed by atoms with Crippen molar-refractivity contribution in [1.82, 2.24) is 5.32 Å². The molecule has 8 nitrogen and oxygen atoms in total. The molecule has 9 heteroatoms. The van der Waals surface area contributed by atoms with Crippen molar-refractivity contribution in [2.24, 2.45) is 10.2 Å². The number of thioether (sulfide) groups is 1. The maximum atomic E-state index is 12.3. The Balaban J connectivity index is 2.14. The van der Waals surface area contributed by atoms with Gasteiger partial charge in [-0.1, -0.05) is 18.2 Å². The third kappa shape index (κ3) is 6.07. The number of esters is 2. The first kappa shape index (κ1) is 20.4. The summed E-state index contributed by atoms with van der Waals surface area (Å²) in [7, 11) is 1.22. The second-order valence-corrected chi connectivity index (χ2v) is 7.36. The number of hydrogen-bond donors (Lipinski definition) is 1. The largest absolute Gasteiger partial charge is 0.466 e. The van der Waals surface area contributed by atoms with Crippen LogP contribution in [-0.2, 0) is 19.1 Å². The lowest BCUT2D eigenvalue weighted by atomic mass is 10.1. The van der Waals surface area contributed by atoms with Crippen LogP contribution in [0.4, 0.5) is 0 Å². The van der Waals surface area contributed by atoms with Gasteiger partial charge in [0.25, 0.3) is 5.91 Å². The Hall–Kier alpha value is -2.94. The minimum Gasteiger partial charge on any atom is -0.466 e. The number of methoxy groups -OCH3 is 1. The van der Waals surface area contributed by atoms with E-state index in [9.17, 15) is 14.4 Å². The minimum absolute atomic E-state index is 0.157. The van der Waals surface area contributed by atoms with E-state index in [2.05, 4.69) is 20.3 Å². The van der Waals surface area contributed by atoms with E-state index >= 15 is 0 Å². The second kappa shape index (κ2) is 8.63. The molecule has 1 N–H and O–H groups in total. The summed E-state index contributed by atoms with van der Waals surface area (Å²) in [6.07, 6.45) is 2.46. The quantitative estimate of drug-likeness (QED) is 0.366. The van der Waals surface area contributed by atoms with E-state index in [1.54, 1.807) is 45.0 Å². The molecule has 1 amide bonds. The van der Waals surface area contributed by atoms with Crippen molar-refractivity contribution in [2.75, 3.05) is 7.11 Å². The van der Waals surface area contributed by atoms with Crippen molar-refractivity contribution in [1.29, 1.82) is 0 Å². The van der Waals surface area contributed by atoms with Gasteiger partial charge < -0.3 is 9.47 Å². The number of carbonyl (C=O) groups is 3. The Labute approximate surface area is 160 Å². The van der Waals surface area contributed by atoms with E-state index in [1.807, 2.05) is 0 Å². The van der Waals surface area contributed by atoms with Crippen molar-refractivity contribution in [3.8, 4) is 0 Å². The molecule has 0 radical (unpaired) electrons. The van der Waals surface area contributed by atoms with Crippen LogP contribution in [0.2, 0.25) is 0 Å². The van der Waals surface area contributed by atoms with Gasteiger partial charge in [0.05, 0.1) is 23.8 Å². The van der Waals surface area contributed by atoms with Crippen LogP contribution in [0.5, 0.6) is 0 Å². The van der Waals surface area contributed by atoms with Crippen LogP contribution >= 0.6 is 11.8 Å². The van der Waals surface area contributed by atoms with E-state index in [0.29, 0.717) is 11.1 Å². The highest BCUT2D eigenvalue weighted by Gasteiger charge is 2.25. The lowest BCUT2D eigenvalue weighted by molar-refractivity contribution is -0.135. The molecule has 2 rings (SSSR count). The number of benzene rings is 1. The number of carbonyl (C=O) groups excluding carboxylic acids is 3. The topological polar surface area (TPSA) is 106 Å². The van der Waals surface area contributed by atoms with E-state index in [4.69, 9.17) is 4.74 Å². The Bertz CT molecular complexity index is 853. The molecule has 1 aliphatic rings. The van der Waals surface area contributed by atoms with Gasteiger partial charge in [0.1, 0.15) is 5.60 Å². The van der Waals surface area contributed by atoms with Gasteiger partial charge in [-0.25, -0.2) is 9.59 Å². The van der Waals surface area contributed by atoms with E-state index < -0.39 is 23.4 Å². The first-order valence-electron chi connectivity index (χ1n) is 7.92. The molecule has 0 unspecified atom stereocenters. The fourth-order valence-electron chi connectivity index (χ4n) is 1.91. The highest BCUT2D eigenvalue weighted by Crippen LogP contribution is 2.23. The first-order chi connectivity index (χ1) is 12.7. The van der Waals surface area contributed by atoms with Crippen molar-refractivity contribution >= 4 is 41.0 Å². The minimum atomic E-state index is -0.635. The number of amidine groups is 1. The average Bonchev–Trinajstić information content (AvgIpc) is 2.93. The summed E-state index contributed by atoms with van der Waals surface area (Å²) >= 11 is 0.960. The van der Waals surface area contributed by atoms with Gasteiger partial charge in [-0.3, -0.25) is 10.1 Å². The van der Waals surface area contributed by atoms with Crippen molar-refractivity contribution in [2.45, 2.75) is 26.4 Å². The molecule has 0 aromatic heterocycles. The van der Waals surface area contributed by atoms with Gasteiger partial charge in [-0.15, -0.1) is 5.10 Å². The zero-order valence-corrected chi connectivity index (χ0v) is 16.1. The van der Waals surface area contributed by atoms with Crippen LogP contribution in [0, 0.1) is 0 Å². The monoisotopic (exact) mass is 389 g/mol. The Morgan fingerprint density at radius 2 is 1.93 bits per heavy atom. The fourth-order valence-corrected chi connectivity index (χ4v) is 2.65. The smallest absolute Gasteiger partial charge is 0.339 e. The lowest BCUT2D eigenvalue weighted by Crippen LogP contribution is -2.24. The third-order valence-corrected chi connectivity index (χ3v) is 3.93. The second-order valence-electron chi connectivity index (χ2n) is 6.33. The Morgan fingerprint density at radius 3 is 2.59 bits per heavy atom. The summed E-state index contributed by atoms with van der Waals surface area (Å²) in [5, 5.41) is 10.5. The maximum absolute atomic E-state index is 12.3. The number of rotatable bonds is 4. The molecule has 0 atom stereocenters. The Morgan fingerprint density at radius 1 is 1.22 bits per heavy atom. The molecular formula is C18H19N3O5S. The van der Waals surface area contributed by atoms with Crippen LogP contribution in [-0.4, -0.2) is 41.9 Å². The van der Waals surface area contributed by atoms with E-state index in [0.717, 1.165) is 17.8 Å². The molecule has 0 aliphatic carbocycles. The summed E-state index contributed by atoms with van der Waals surface area (Å²) in [6, 6.07) is 6.81. The van der Waals surface area contributed by atoms with Gasteiger partial charge in [0.15, 0.2) is 5.17 Å². The number of nitrogens with one attached hydrogen (secondary N) is 1. The zero-order chi connectivity index (χ0) is 20.0. The van der Waals surface area contributed by atoms with Crippen molar-refractivity contribution in [3.05, 3.63) is 46.4 Å². The molecular weight excluding hydrogens is 370 g/mol. The number of ether oxygens (including phenoxy) is 2. The molecule has 142 valence electrons. The fraction of sp³-hybridized carbons (Fsp3) is 0.278. The summed E-state index contributed by atoms with van der Waals surface area (Å²) in [5.41, 5.74) is 0.260. The van der Waals surface area contributed by atoms with Gasteiger partial charge in [-0.05, 0) is 38.6 Å². The zero-order valence-electron chi connectivity index (χ0n) is 15.3. The molecule has 0 saturated carbocycles. The van der Waals surface area contributed by atoms with Crippen LogP contribution < -0.4 is 5.32 Å². The molecule has 1 aliphatic heterocycles. The molecule has 1 aromatic carbocycles. The maximum Gasteiger partial charge on any atom is 0.339 e. The molecule has 1 fully saturated rings. The summed E-state index contributed by atoms with van der Waals surface area (Å²) in [4.78, 5) is 35.4. The van der Waals surface area contributed by atoms with E-state index in [-0.39, 0.29) is 10.1 Å². The van der Waals surface area contributed by atoms with Gasteiger partial charge in [-0.2, -0.15) is 5.10 Å². The van der Waals surface area contributed by atoms with Crippen LogP contribution in [0.25, 0.3) is 0 Å². The summed E-state index contributed by atoms with van der Waals surface area (Å²) < 4.78 is 9.85. The van der Waals surface area contributed by atoms with Gasteiger partial charge >= 0.3 is 11.9 Å². The normalized spacial score (nSPS) is 17.4. The standard InChI is InChI=1S/C18H19N3O5S/c1-18(2,3)26-16(24)12-8-6-5-7-11(12)10-19-21-17-20-15(23)13(27-17)9-14(22)25-4/h5-10H,1-4H3,(H,20,21,23)/b13-9+,19-10?. The highest BCUT2D eigenvalue weighted by atomic mass is 32.2. The molecule has 1 saturated heterocycles. The number of amides is 1. The highest BCUT2D eigenvalue weighted by molar-refractivity contribution is 8.18. The predicted octanol–water partition coefficient (Wildman–Crippen LogP) is 2.25. The van der Waals surface area contributed by atoms with Crippen molar-refractivity contribution in [3.63, 3.8) is 0 Å². The van der Waals surface area contributed by atoms with Crippen molar-refractivity contribution < 1.29 is 23.9 Å². The van der Waals surface area contributed by atoms with Crippen LogP contribution in [0.3, 0.4) is 0 Å². The van der Waals surface area contributed by atoms with Gasteiger partial charge in [0.2, 0.25) is 0 Å². The average molecular weight is 389 g/mol. The SMILES string of the molecule is COC(=O)/C=C1/S/C(=N\N=Cc2ccccc2C(=O)OC(C)(C)C)NC1=O. The molecule has 1 heterocycles.